The Labute approximate surface area is 120 Å². The SMILES string of the molecule is CN1C2CCC1CC(c1noc([C@H]3CCCNC3)n1)C2. The number of hydrogen-bond acceptors (Lipinski definition) is 5. The van der Waals surface area contributed by atoms with Gasteiger partial charge in [0, 0.05) is 24.5 Å². The van der Waals surface area contributed by atoms with Crippen molar-refractivity contribution in [3.05, 3.63) is 11.7 Å². The predicted molar refractivity (Wildman–Crippen MR) is 75.7 cm³/mol. The molecule has 3 saturated heterocycles. The first-order chi connectivity index (χ1) is 9.81. The second-order valence-electron chi connectivity index (χ2n) is 6.75. The Morgan fingerprint density at radius 1 is 1.15 bits per heavy atom. The van der Waals surface area contributed by atoms with Crippen LogP contribution in [-0.2, 0) is 0 Å². The van der Waals surface area contributed by atoms with E-state index in [1.807, 2.05) is 0 Å². The molecule has 0 radical (unpaired) electrons. The minimum atomic E-state index is 0.424. The average molecular weight is 276 g/mol. The highest BCUT2D eigenvalue weighted by molar-refractivity contribution is 5.07. The Balaban J connectivity index is 1.48. The van der Waals surface area contributed by atoms with Crippen molar-refractivity contribution < 1.29 is 4.52 Å². The molecule has 0 aliphatic carbocycles. The molecule has 3 aliphatic heterocycles. The van der Waals surface area contributed by atoms with Gasteiger partial charge < -0.3 is 14.7 Å². The monoisotopic (exact) mass is 276 g/mol. The van der Waals surface area contributed by atoms with Gasteiger partial charge in [-0.2, -0.15) is 4.98 Å². The minimum Gasteiger partial charge on any atom is -0.339 e. The van der Waals surface area contributed by atoms with E-state index in [2.05, 4.69) is 22.4 Å². The molecule has 3 fully saturated rings. The van der Waals surface area contributed by atoms with Crippen LogP contribution in [0.1, 0.15) is 62.1 Å². The first-order valence-electron chi connectivity index (χ1n) is 8.07. The van der Waals surface area contributed by atoms with E-state index in [0.29, 0.717) is 11.8 Å². The molecule has 0 saturated carbocycles. The third-order valence-electron chi connectivity index (χ3n) is 5.57. The predicted octanol–water partition coefficient (Wildman–Crippen LogP) is 1.88. The lowest BCUT2D eigenvalue weighted by Crippen LogP contribution is -2.39. The Hall–Kier alpha value is -0.940. The van der Waals surface area contributed by atoms with Crippen molar-refractivity contribution in [2.24, 2.45) is 0 Å². The summed E-state index contributed by atoms with van der Waals surface area (Å²) in [5, 5.41) is 7.72. The number of hydrogen-bond donors (Lipinski definition) is 1. The van der Waals surface area contributed by atoms with Crippen LogP contribution in [0.3, 0.4) is 0 Å². The fourth-order valence-electron chi connectivity index (χ4n) is 4.26. The summed E-state index contributed by atoms with van der Waals surface area (Å²) >= 11 is 0. The number of aromatic nitrogens is 2. The standard InChI is InChI=1S/C15H24N4O/c1-19-12-4-5-13(19)8-11(7-12)14-17-15(20-18-14)10-3-2-6-16-9-10/h10-13,16H,2-9H2,1H3/t10-,11?,12?,13?/m0/s1. The van der Waals surface area contributed by atoms with Crippen molar-refractivity contribution in [1.82, 2.24) is 20.4 Å². The van der Waals surface area contributed by atoms with Gasteiger partial charge in [0.2, 0.25) is 5.89 Å². The number of piperidine rings is 2. The van der Waals surface area contributed by atoms with Crippen LogP contribution in [0.5, 0.6) is 0 Å². The zero-order chi connectivity index (χ0) is 13.5. The molecule has 0 aromatic carbocycles. The van der Waals surface area contributed by atoms with E-state index in [9.17, 15) is 0 Å². The number of rotatable bonds is 2. The lowest BCUT2D eigenvalue weighted by Gasteiger charge is -2.34. The molecule has 1 aromatic heterocycles. The highest BCUT2D eigenvalue weighted by Gasteiger charge is 2.40. The molecule has 2 bridgehead atoms. The topological polar surface area (TPSA) is 54.2 Å². The fourth-order valence-corrected chi connectivity index (χ4v) is 4.26. The van der Waals surface area contributed by atoms with Crippen LogP contribution in [0.15, 0.2) is 4.52 Å². The summed E-state index contributed by atoms with van der Waals surface area (Å²) in [4.78, 5) is 7.30. The van der Waals surface area contributed by atoms with Gasteiger partial charge in [0.25, 0.3) is 0 Å². The quantitative estimate of drug-likeness (QED) is 0.894. The summed E-state index contributed by atoms with van der Waals surface area (Å²) in [5.41, 5.74) is 0. The van der Waals surface area contributed by atoms with E-state index in [0.717, 1.165) is 36.9 Å². The minimum absolute atomic E-state index is 0.424. The van der Waals surface area contributed by atoms with Crippen molar-refractivity contribution in [2.75, 3.05) is 20.1 Å². The largest absolute Gasteiger partial charge is 0.339 e. The molecule has 5 nitrogen and oxygen atoms in total. The van der Waals surface area contributed by atoms with E-state index in [1.54, 1.807) is 0 Å². The summed E-state index contributed by atoms with van der Waals surface area (Å²) in [7, 11) is 2.27. The van der Waals surface area contributed by atoms with Crippen molar-refractivity contribution in [3.63, 3.8) is 0 Å². The molecule has 20 heavy (non-hydrogen) atoms. The van der Waals surface area contributed by atoms with Crippen LogP contribution in [0.2, 0.25) is 0 Å². The molecule has 1 N–H and O–H groups in total. The molecule has 4 heterocycles. The lowest BCUT2D eigenvalue weighted by molar-refractivity contribution is 0.157. The van der Waals surface area contributed by atoms with E-state index >= 15 is 0 Å². The molecule has 0 spiro atoms. The lowest BCUT2D eigenvalue weighted by atomic mass is 9.90. The Morgan fingerprint density at radius 3 is 2.65 bits per heavy atom. The molecule has 2 unspecified atom stereocenters. The Morgan fingerprint density at radius 2 is 1.95 bits per heavy atom. The van der Waals surface area contributed by atoms with E-state index in [-0.39, 0.29) is 0 Å². The summed E-state index contributed by atoms with van der Waals surface area (Å²) in [6, 6.07) is 1.47. The maximum atomic E-state index is 5.56. The molecule has 3 aliphatic rings. The van der Waals surface area contributed by atoms with Crippen molar-refractivity contribution >= 4 is 0 Å². The molecule has 3 atom stereocenters. The summed E-state index contributed by atoms with van der Waals surface area (Å²) < 4.78 is 5.56. The van der Waals surface area contributed by atoms with E-state index in [4.69, 9.17) is 9.51 Å². The second-order valence-corrected chi connectivity index (χ2v) is 6.75. The van der Waals surface area contributed by atoms with Gasteiger partial charge in [-0.3, -0.25) is 0 Å². The van der Waals surface area contributed by atoms with Crippen LogP contribution in [-0.4, -0.2) is 47.3 Å². The maximum absolute atomic E-state index is 5.56. The molecular weight excluding hydrogens is 252 g/mol. The zero-order valence-corrected chi connectivity index (χ0v) is 12.2. The number of fused-ring (bicyclic) bond motifs is 2. The molecule has 4 rings (SSSR count). The van der Waals surface area contributed by atoms with Crippen LogP contribution >= 0.6 is 0 Å². The normalized spacial score (nSPS) is 38.2. The Kier molecular flexibility index (Phi) is 3.27. The van der Waals surface area contributed by atoms with Gasteiger partial charge in [0.15, 0.2) is 5.82 Å². The molecule has 1 aromatic rings. The van der Waals surface area contributed by atoms with Gasteiger partial charge in [-0.1, -0.05) is 5.16 Å². The van der Waals surface area contributed by atoms with E-state index < -0.39 is 0 Å². The third-order valence-corrected chi connectivity index (χ3v) is 5.57. The fraction of sp³-hybridized carbons (Fsp3) is 0.867. The van der Waals surface area contributed by atoms with Crippen LogP contribution in [0.4, 0.5) is 0 Å². The van der Waals surface area contributed by atoms with Crippen LogP contribution < -0.4 is 5.32 Å². The van der Waals surface area contributed by atoms with Gasteiger partial charge >= 0.3 is 0 Å². The van der Waals surface area contributed by atoms with Crippen LogP contribution in [0, 0.1) is 0 Å². The van der Waals surface area contributed by atoms with Gasteiger partial charge in [0.1, 0.15) is 0 Å². The summed E-state index contributed by atoms with van der Waals surface area (Å²) in [6.07, 6.45) is 7.47. The highest BCUT2D eigenvalue weighted by atomic mass is 16.5. The zero-order valence-electron chi connectivity index (χ0n) is 12.2. The van der Waals surface area contributed by atoms with Crippen molar-refractivity contribution in [2.45, 2.75) is 62.4 Å². The molecule has 110 valence electrons. The van der Waals surface area contributed by atoms with Crippen molar-refractivity contribution in [1.29, 1.82) is 0 Å². The van der Waals surface area contributed by atoms with Gasteiger partial charge in [0.05, 0.1) is 5.92 Å². The van der Waals surface area contributed by atoms with Crippen LogP contribution in [0.25, 0.3) is 0 Å². The second kappa shape index (κ2) is 5.11. The Bertz CT molecular complexity index is 454. The molecular formula is C15H24N4O. The molecule has 0 amide bonds. The summed E-state index contributed by atoms with van der Waals surface area (Å²) in [5.74, 6) is 2.76. The number of nitrogens with zero attached hydrogens (tertiary/aromatic N) is 3. The van der Waals surface area contributed by atoms with Gasteiger partial charge in [-0.25, -0.2) is 0 Å². The van der Waals surface area contributed by atoms with Gasteiger partial charge in [-0.15, -0.1) is 0 Å². The number of nitrogens with one attached hydrogen (secondary N) is 1. The summed E-state index contributed by atoms with van der Waals surface area (Å²) in [6.45, 7) is 2.11. The third kappa shape index (κ3) is 2.17. The van der Waals surface area contributed by atoms with Gasteiger partial charge in [-0.05, 0) is 52.1 Å². The first kappa shape index (κ1) is 12.8. The van der Waals surface area contributed by atoms with E-state index in [1.165, 1.54) is 38.5 Å². The van der Waals surface area contributed by atoms with Crippen molar-refractivity contribution in [3.8, 4) is 0 Å². The molecule has 5 heteroatoms. The smallest absolute Gasteiger partial charge is 0.231 e. The first-order valence-corrected chi connectivity index (χ1v) is 8.07. The highest BCUT2D eigenvalue weighted by Crippen LogP contribution is 2.41. The maximum Gasteiger partial charge on any atom is 0.231 e. The average Bonchev–Trinajstić information content (AvgIpc) is 3.03.